The maximum Gasteiger partial charge on any atom is 0.121 e. The molecule has 25 heavy (non-hydrogen) atoms. The molecule has 0 spiro atoms. The van der Waals surface area contributed by atoms with E-state index in [-0.39, 0.29) is 18.3 Å². The zero-order valence-electron chi connectivity index (χ0n) is 15.0. The Labute approximate surface area is 148 Å². The van der Waals surface area contributed by atoms with Crippen LogP contribution >= 0.6 is 0 Å². The highest BCUT2D eigenvalue weighted by Crippen LogP contribution is 2.28. The van der Waals surface area contributed by atoms with Crippen molar-refractivity contribution < 1.29 is 14.7 Å². The van der Waals surface area contributed by atoms with Crippen molar-refractivity contribution in [2.45, 2.75) is 38.7 Å². The topological polar surface area (TPSA) is 38.8 Å². The van der Waals surface area contributed by atoms with E-state index in [9.17, 15) is 5.11 Å². The summed E-state index contributed by atoms with van der Waals surface area (Å²) < 4.78 is 8.08. The van der Waals surface area contributed by atoms with Crippen molar-refractivity contribution in [3.8, 4) is 0 Å². The van der Waals surface area contributed by atoms with Gasteiger partial charge in [0.2, 0.25) is 0 Å². The summed E-state index contributed by atoms with van der Waals surface area (Å²) in [6.45, 7) is 7.56. The van der Waals surface area contributed by atoms with Gasteiger partial charge in [-0.3, -0.25) is 0 Å². The molecule has 1 fully saturated rings. The van der Waals surface area contributed by atoms with Crippen molar-refractivity contribution in [3.05, 3.63) is 48.5 Å². The van der Waals surface area contributed by atoms with Crippen LogP contribution in [0.1, 0.15) is 13.8 Å². The number of rotatable bonds is 4. The molecular formula is C21H27N2O2+. The number of aromatic nitrogens is 1. The van der Waals surface area contributed by atoms with E-state index in [0.29, 0.717) is 6.54 Å². The standard InChI is InChI=1S/C21H26N2O2/c1-15-11-22(12-16(2)25-15)13-17(24)14-23-20-9-5-3-7-18(20)19-8-4-6-10-21(19)23/h3-10,15-17,24H,11-14H2,1-2H3/p+1/t15-,16-,17+/m1/s1. The first kappa shape index (κ1) is 16.6. The maximum absolute atomic E-state index is 10.8. The quantitative estimate of drug-likeness (QED) is 0.761. The third-order valence-electron chi connectivity index (χ3n) is 5.21. The fourth-order valence-electron chi connectivity index (χ4n) is 4.36. The molecule has 0 bridgehead atoms. The van der Waals surface area contributed by atoms with Gasteiger partial charge in [0.15, 0.2) is 0 Å². The Balaban J connectivity index is 1.59. The summed E-state index contributed by atoms with van der Waals surface area (Å²) in [6.07, 6.45) is 0.157. The average molecular weight is 339 g/mol. The van der Waals surface area contributed by atoms with Crippen LogP contribution in [0, 0.1) is 0 Å². The molecule has 0 amide bonds. The van der Waals surface area contributed by atoms with Crippen LogP contribution in [0.2, 0.25) is 0 Å². The van der Waals surface area contributed by atoms with Gasteiger partial charge < -0.3 is 19.3 Å². The minimum absolute atomic E-state index is 0.263. The lowest BCUT2D eigenvalue weighted by atomic mass is 10.2. The number of hydrogen-bond donors (Lipinski definition) is 2. The van der Waals surface area contributed by atoms with Gasteiger partial charge >= 0.3 is 0 Å². The fourth-order valence-corrected chi connectivity index (χ4v) is 4.36. The van der Waals surface area contributed by atoms with Crippen LogP contribution in [0.3, 0.4) is 0 Å². The molecule has 1 aliphatic rings. The first-order valence-corrected chi connectivity index (χ1v) is 9.25. The summed E-state index contributed by atoms with van der Waals surface area (Å²) in [6, 6.07) is 16.9. The first-order chi connectivity index (χ1) is 12.1. The number of quaternary nitrogens is 1. The Kier molecular flexibility index (Phi) is 4.50. The molecular weight excluding hydrogens is 312 g/mol. The van der Waals surface area contributed by atoms with Gasteiger partial charge in [-0.2, -0.15) is 0 Å². The smallest absolute Gasteiger partial charge is 0.121 e. The molecule has 0 unspecified atom stereocenters. The number of hydrogen-bond acceptors (Lipinski definition) is 2. The second kappa shape index (κ2) is 6.79. The van der Waals surface area contributed by atoms with Crippen molar-refractivity contribution in [2.75, 3.05) is 19.6 Å². The SMILES string of the molecule is C[C@@H]1C[NH+](C[C@H](O)Cn2c3ccccc3c3ccccc32)C[C@@H](C)O1. The normalized spacial score (nSPS) is 25.5. The number of nitrogens with one attached hydrogen (secondary N) is 1. The van der Waals surface area contributed by atoms with E-state index in [1.165, 1.54) is 26.7 Å². The van der Waals surface area contributed by atoms with Gasteiger partial charge in [-0.15, -0.1) is 0 Å². The van der Waals surface area contributed by atoms with Crippen molar-refractivity contribution in [1.82, 2.24) is 4.57 Å². The lowest BCUT2D eigenvalue weighted by Gasteiger charge is -2.33. The lowest BCUT2D eigenvalue weighted by Crippen LogP contribution is -3.16. The van der Waals surface area contributed by atoms with Gasteiger partial charge in [0.25, 0.3) is 0 Å². The van der Waals surface area contributed by atoms with E-state index < -0.39 is 0 Å². The molecule has 0 radical (unpaired) electrons. The lowest BCUT2D eigenvalue weighted by molar-refractivity contribution is -0.918. The van der Waals surface area contributed by atoms with Gasteiger partial charge in [0.1, 0.15) is 37.9 Å². The second-order valence-corrected chi connectivity index (χ2v) is 7.42. The monoisotopic (exact) mass is 339 g/mol. The zero-order chi connectivity index (χ0) is 17.4. The van der Waals surface area contributed by atoms with E-state index in [0.717, 1.165) is 19.6 Å². The van der Waals surface area contributed by atoms with Crippen LogP contribution in [0.5, 0.6) is 0 Å². The van der Waals surface area contributed by atoms with Crippen LogP contribution in [-0.2, 0) is 11.3 Å². The minimum Gasteiger partial charge on any atom is -0.385 e. The van der Waals surface area contributed by atoms with E-state index in [1.54, 1.807) is 0 Å². The first-order valence-electron chi connectivity index (χ1n) is 9.25. The summed E-state index contributed by atoms with van der Waals surface area (Å²) in [4.78, 5) is 1.43. The van der Waals surface area contributed by atoms with Crippen molar-refractivity contribution in [2.24, 2.45) is 0 Å². The summed E-state index contributed by atoms with van der Waals surface area (Å²) in [7, 11) is 0. The van der Waals surface area contributed by atoms with Crippen molar-refractivity contribution in [3.63, 3.8) is 0 Å². The van der Waals surface area contributed by atoms with Gasteiger partial charge in [-0.25, -0.2) is 0 Å². The van der Waals surface area contributed by atoms with Crippen LogP contribution in [-0.4, -0.2) is 47.6 Å². The Morgan fingerprint density at radius 2 is 1.52 bits per heavy atom. The number of fused-ring (bicyclic) bond motifs is 3. The third-order valence-corrected chi connectivity index (χ3v) is 5.21. The molecule has 4 heteroatoms. The molecule has 4 nitrogen and oxygen atoms in total. The Morgan fingerprint density at radius 3 is 2.08 bits per heavy atom. The van der Waals surface area contributed by atoms with Gasteiger partial charge in [-0.05, 0) is 26.0 Å². The highest BCUT2D eigenvalue weighted by Gasteiger charge is 2.27. The largest absolute Gasteiger partial charge is 0.385 e. The van der Waals surface area contributed by atoms with Crippen LogP contribution in [0.25, 0.3) is 21.8 Å². The molecule has 1 saturated heterocycles. The number of aliphatic hydroxyl groups is 1. The fraction of sp³-hybridized carbons (Fsp3) is 0.429. The van der Waals surface area contributed by atoms with E-state index in [2.05, 4.69) is 66.9 Å². The maximum atomic E-state index is 10.8. The molecule has 0 saturated carbocycles. The molecule has 1 aromatic heterocycles. The summed E-state index contributed by atoms with van der Waals surface area (Å²) in [5.41, 5.74) is 2.39. The number of nitrogens with zero attached hydrogens (tertiary/aromatic N) is 1. The zero-order valence-corrected chi connectivity index (χ0v) is 15.0. The van der Waals surface area contributed by atoms with Crippen LogP contribution in [0.15, 0.2) is 48.5 Å². The van der Waals surface area contributed by atoms with Crippen LogP contribution in [0.4, 0.5) is 0 Å². The Hall–Kier alpha value is -1.88. The summed E-state index contributed by atoms with van der Waals surface area (Å²) in [5.74, 6) is 0. The average Bonchev–Trinajstić information content (AvgIpc) is 2.89. The molecule has 4 rings (SSSR count). The molecule has 2 aromatic carbocycles. The summed E-state index contributed by atoms with van der Waals surface area (Å²) >= 11 is 0. The number of ether oxygens (including phenoxy) is 1. The van der Waals surface area contributed by atoms with Gasteiger partial charge in [-0.1, -0.05) is 36.4 Å². The molecule has 0 aliphatic carbocycles. The predicted molar refractivity (Wildman–Crippen MR) is 101 cm³/mol. The minimum atomic E-state index is -0.369. The number of morpholine rings is 1. The highest BCUT2D eigenvalue weighted by molar-refractivity contribution is 6.07. The van der Waals surface area contributed by atoms with Crippen molar-refractivity contribution >= 4 is 21.8 Å². The van der Waals surface area contributed by atoms with Crippen LogP contribution < -0.4 is 4.90 Å². The predicted octanol–water partition coefficient (Wildman–Crippen LogP) is 1.85. The number of para-hydroxylation sites is 2. The molecule has 132 valence electrons. The molecule has 2 N–H and O–H groups in total. The highest BCUT2D eigenvalue weighted by atomic mass is 16.5. The van der Waals surface area contributed by atoms with E-state index >= 15 is 0 Å². The Bertz CT molecular complexity index is 809. The molecule has 3 atom stereocenters. The summed E-state index contributed by atoms with van der Waals surface area (Å²) in [5, 5.41) is 13.3. The second-order valence-electron chi connectivity index (χ2n) is 7.42. The number of benzene rings is 2. The van der Waals surface area contributed by atoms with Gasteiger partial charge in [0, 0.05) is 21.8 Å². The molecule has 1 aliphatic heterocycles. The molecule has 3 aromatic rings. The number of aliphatic hydroxyl groups excluding tert-OH is 1. The van der Waals surface area contributed by atoms with E-state index in [1.807, 2.05) is 0 Å². The molecule has 2 heterocycles. The van der Waals surface area contributed by atoms with Crippen molar-refractivity contribution in [1.29, 1.82) is 0 Å². The van der Waals surface area contributed by atoms with E-state index in [4.69, 9.17) is 4.74 Å². The van der Waals surface area contributed by atoms with Gasteiger partial charge in [0.05, 0.1) is 6.54 Å². The third kappa shape index (κ3) is 3.30. The Morgan fingerprint density at radius 1 is 1.00 bits per heavy atom.